The highest BCUT2D eigenvalue weighted by Gasteiger charge is 2.09. The van der Waals surface area contributed by atoms with E-state index < -0.39 is 0 Å². The van der Waals surface area contributed by atoms with Gasteiger partial charge in [0.1, 0.15) is 5.65 Å². The number of fused-ring (bicyclic) bond motifs is 1. The molecule has 4 rings (SSSR count). The first-order valence-corrected chi connectivity index (χ1v) is 8.39. The topological polar surface area (TPSA) is 66.5 Å². The van der Waals surface area contributed by atoms with Crippen LogP contribution in [-0.2, 0) is 13.0 Å². The summed E-state index contributed by atoms with van der Waals surface area (Å²) < 4.78 is 14.4. The second-order valence-electron chi connectivity index (χ2n) is 6.29. The molecule has 0 spiro atoms. The Hall–Kier alpha value is -3.28. The predicted octanol–water partition coefficient (Wildman–Crippen LogP) is 4.00. The summed E-state index contributed by atoms with van der Waals surface area (Å²) >= 11 is 0. The number of hydrogen-bond donors (Lipinski definition) is 2. The molecule has 0 aliphatic rings. The maximum Gasteiger partial charge on any atom is 0.165 e. The van der Waals surface area contributed by atoms with Crippen LogP contribution in [-0.4, -0.2) is 19.9 Å². The number of halogens is 1. The minimum Gasteiger partial charge on any atom is -0.364 e. The van der Waals surface area contributed by atoms with Crippen molar-refractivity contribution in [3.63, 3.8) is 0 Å². The Balaban J connectivity index is 1.51. The molecule has 0 saturated carbocycles. The summed E-state index contributed by atoms with van der Waals surface area (Å²) in [5.41, 5.74) is 4.80. The van der Waals surface area contributed by atoms with E-state index in [0.29, 0.717) is 13.0 Å². The van der Waals surface area contributed by atoms with Gasteiger partial charge in [-0.1, -0.05) is 6.07 Å². The molecule has 0 unspecified atom stereocenters. The molecule has 6 heteroatoms. The van der Waals surface area contributed by atoms with Crippen LogP contribution in [0.4, 0.5) is 10.2 Å². The van der Waals surface area contributed by atoms with E-state index in [2.05, 4.69) is 31.3 Å². The first-order valence-electron chi connectivity index (χ1n) is 8.39. The lowest BCUT2D eigenvalue weighted by Gasteiger charge is -2.08. The summed E-state index contributed by atoms with van der Waals surface area (Å²) in [7, 11) is 0. The van der Waals surface area contributed by atoms with Crippen LogP contribution in [0.1, 0.15) is 22.3 Å². The zero-order chi connectivity index (χ0) is 17.9. The van der Waals surface area contributed by atoms with Gasteiger partial charge in [0, 0.05) is 49.3 Å². The Kier molecular flexibility index (Phi) is 4.31. The van der Waals surface area contributed by atoms with Crippen molar-refractivity contribution in [1.82, 2.24) is 19.9 Å². The van der Waals surface area contributed by atoms with Crippen molar-refractivity contribution in [2.45, 2.75) is 19.9 Å². The third-order valence-electron chi connectivity index (χ3n) is 4.23. The molecule has 0 fully saturated rings. The minimum absolute atomic E-state index is 0.244. The lowest BCUT2D eigenvalue weighted by molar-refractivity contribution is 0.622. The SMILES string of the molecule is Cc1cnc2[nH]cc(Cc3cnc(NCc4cccnc4)c(F)c3)c2c1. The third-order valence-corrected chi connectivity index (χ3v) is 4.23. The number of anilines is 1. The van der Waals surface area contributed by atoms with Gasteiger partial charge in [0.2, 0.25) is 0 Å². The van der Waals surface area contributed by atoms with Gasteiger partial charge in [-0.05, 0) is 47.4 Å². The Bertz CT molecular complexity index is 1040. The predicted molar refractivity (Wildman–Crippen MR) is 99.4 cm³/mol. The molecule has 4 aromatic rings. The normalized spacial score (nSPS) is 11.0. The summed E-state index contributed by atoms with van der Waals surface area (Å²) in [4.78, 5) is 15.8. The standard InChI is InChI=1S/C20H18FN5/c1-13-5-17-16(12-26-19(17)23-8-13)6-15-7-18(21)20(25-11-15)24-10-14-3-2-4-22-9-14/h2-5,7-9,11-12H,6,10H2,1H3,(H,23,26)(H,24,25). The van der Waals surface area contributed by atoms with Gasteiger partial charge in [-0.25, -0.2) is 14.4 Å². The van der Waals surface area contributed by atoms with E-state index in [4.69, 9.17) is 0 Å². The van der Waals surface area contributed by atoms with Crippen molar-refractivity contribution in [2.24, 2.45) is 0 Å². The molecule has 0 aliphatic carbocycles. The van der Waals surface area contributed by atoms with Crippen LogP contribution < -0.4 is 5.32 Å². The molecule has 5 nitrogen and oxygen atoms in total. The van der Waals surface area contributed by atoms with Crippen LogP contribution in [0, 0.1) is 12.7 Å². The molecule has 130 valence electrons. The van der Waals surface area contributed by atoms with E-state index >= 15 is 0 Å². The highest BCUT2D eigenvalue weighted by atomic mass is 19.1. The Morgan fingerprint density at radius 3 is 2.85 bits per heavy atom. The number of aromatic nitrogens is 4. The van der Waals surface area contributed by atoms with Crippen molar-refractivity contribution in [3.8, 4) is 0 Å². The molecule has 2 N–H and O–H groups in total. The number of rotatable bonds is 5. The summed E-state index contributed by atoms with van der Waals surface area (Å²) in [5, 5.41) is 4.07. The second-order valence-corrected chi connectivity index (χ2v) is 6.29. The van der Waals surface area contributed by atoms with Gasteiger partial charge in [0.15, 0.2) is 11.6 Å². The molecule has 4 aromatic heterocycles. The van der Waals surface area contributed by atoms with Gasteiger partial charge < -0.3 is 10.3 Å². The fraction of sp³-hybridized carbons (Fsp3) is 0.150. The number of aromatic amines is 1. The van der Waals surface area contributed by atoms with E-state index in [-0.39, 0.29) is 11.6 Å². The largest absolute Gasteiger partial charge is 0.364 e. The van der Waals surface area contributed by atoms with Gasteiger partial charge >= 0.3 is 0 Å². The lowest BCUT2D eigenvalue weighted by Crippen LogP contribution is -2.04. The summed E-state index contributed by atoms with van der Waals surface area (Å²) in [6.45, 7) is 2.48. The van der Waals surface area contributed by atoms with Gasteiger partial charge in [0.25, 0.3) is 0 Å². The molecule has 4 heterocycles. The number of nitrogens with zero attached hydrogens (tertiary/aromatic N) is 3. The molecular formula is C20H18FN5. The zero-order valence-corrected chi connectivity index (χ0v) is 14.3. The quantitative estimate of drug-likeness (QED) is 0.573. The molecule has 0 bridgehead atoms. The molecule has 0 radical (unpaired) electrons. The van der Waals surface area contributed by atoms with Crippen LogP contribution in [0.3, 0.4) is 0 Å². The average molecular weight is 347 g/mol. The monoisotopic (exact) mass is 347 g/mol. The van der Waals surface area contributed by atoms with Crippen LogP contribution in [0.2, 0.25) is 0 Å². The number of hydrogen-bond acceptors (Lipinski definition) is 4. The molecule has 26 heavy (non-hydrogen) atoms. The zero-order valence-electron chi connectivity index (χ0n) is 14.3. The number of H-pyrrole nitrogens is 1. The van der Waals surface area contributed by atoms with Gasteiger partial charge in [-0.2, -0.15) is 0 Å². The van der Waals surface area contributed by atoms with Crippen molar-refractivity contribution < 1.29 is 4.39 Å². The maximum atomic E-state index is 14.4. The van der Waals surface area contributed by atoms with E-state index in [1.807, 2.05) is 31.5 Å². The third kappa shape index (κ3) is 3.39. The van der Waals surface area contributed by atoms with Crippen LogP contribution >= 0.6 is 0 Å². The van der Waals surface area contributed by atoms with E-state index in [0.717, 1.165) is 33.3 Å². The molecule has 0 aliphatic heterocycles. The van der Waals surface area contributed by atoms with E-state index in [9.17, 15) is 4.39 Å². The van der Waals surface area contributed by atoms with E-state index in [1.54, 1.807) is 18.6 Å². The smallest absolute Gasteiger partial charge is 0.165 e. The lowest BCUT2D eigenvalue weighted by atomic mass is 10.1. The average Bonchev–Trinajstić information content (AvgIpc) is 3.04. The van der Waals surface area contributed by atoms with Crippen molar-refractivity contribution in [3.05, 3.63) is 83.3 Å². The molecule has 0 saturated heterocycles. The molecule has 0 amide bonds. The van der Waals surface area contributed by atoms with Gasteiger partial charge in [0.05, 0.1) is 0 Å². The van der Waals surface area contributed by atoms with Crippen LogP contribution in [0.25, 0.3) is 11.0 Å². The van der Waals surface area contributed by atoms with Crippen molar-refractivity contribution in [2.75, 3.05) is 5.32 Å². The Labute approximate surface area is 150 Å². The summed E-state index contributed by atoms with van der Waals surface area (Å²) in [6.07, 6.45) is 9.50. The van der Waals surface area contributed by atoms with Gasteiger partial charge in [-0.3, -0.25) is 4.98 Å². The number of aryl methyl sites for hydroxylation is 1. The Morgan fingerprint density at radius 2 is 2.04 bits per heavy atom. The van der Waals surface area contributed by atoms with Crippen LogP contribution in [0.5, 0.6) is 0 Å². The first kappa shape index (κ1) is 16.2. The maximum absolute atomic E-state index is 14.4. The second kappa shape index (κ2) is 6.92. The van der Waals surface area contributed by atoms with Gasteiger partial charge in [-0.15, -0.1) is 0 Å². The van der Waals surface area contributed by atoms with Crippen molar-refractivity contribution >= 4 is 16.9 Å². The van der Waals surface area contributed by atoms with Crippen molar-refractivity contribution in [1.29, 1.82) is 0 Å². The highest BCUT2D eigenvalue weighted by molar-refractivity contribution is 5.80. The molecule has 0 atom stereocenters. The minimum atomic E-state index is -0.361. The number of pyridine rings is 3. The first-order chi connectivity index (χ1) is 12.7. The highest BCUT2D eigenvalue weighted by Crippen LogP contribution is 2.22. The molecular weight excluding hydrogens is 329 g/mol. The van der Waals surface area contributed by atoms with Crippen LogP contribution in [0.15, 0.2) is 55.2 Å². The van der Waals surface area contributed by atoms with E-state index in [1.165, 1.54) is 6.07 Å². The Morgan fingerprint density at radius 1 is 1.12 bits per heavy atom. The fourth-order valence-corrected chi connectivity index (χ4v) is 2.92. The fourth-order valence-electron chi connectivity index (χ4n) is 2.92. The summed E-state index contributed by atoms with van der Waals surface area (Å²) in [6, 6.07) is 7.39. The molecule has 0 aromatic carbocycles. The number of nitrogens with one attached hydrogen (secondary N) is 2. The summed E-state index contributed by atoms with van der Waals surface area (Å²) in [5.74, 6) is -0.116.